The van der Waals surface area contributed by atoms with Crippen molar-refractivity contribution in [1.82, 2.24) is 0 Å². The van der Waals surface area contributed by atoms with Crippen molar-refractivity contribution in [2.75, 3.05) is 0 Å². The molecule has 0 saturated heterocycles. The molecule has 36 heavy (non-hydrogen) atoms. The lowest BCUT2D eigenvalue weighted by Crippen LogP contribution is -1.96. The minimum atomic E-state index is -0.961. The van der Waals surface area contributed by atoms with Crippen LogP contribution in [0, 0.1) is 6.92 Å². The number of carboxylic acid groups (broad SMARTS) is 1. The Bertz CT molecular complexity index is 1130. The summed E-state index contributed by atoms with van der Waals surface area (Å²) < 4.78 is 0. The fourth-order valence-corrected chi connectivity index (χ4v) is 2.71. The number of hydrogen-bond acceptors (Lipinski definition) is 3. The van der Waals surface area contributed by atoms with Crippen molar-refractivity contribution in [3.8, 4) is 0 Å². The van der Waals surface area contributed by atoms with Gasteiger partial charge < -0.3 is 9.94 Å². The number of benzene rings is 3. The van der Waals surface area contributed by atoms with E-state index in [1.165, 1.54) is 6.08 Å². The molecule has 3 aromatic carbocycles. The Balaban J connectivity index is 0.000000630. The predicted octanol–water partition coefficient (Wildman–Crippen LogP) is 8.58. The molecular formula is C32H37NO3. The van der Waals surface area contributed by atoms with Crippen molar-refractivity contribution in [2.45, 2.75) is 27.7 Å². The summed E-state index contributed by atoms with van der Waals surface area (Å²) in [5.41, 5.74) is 5.60. The number of aliphatic carboxylic acids is 1. The quantitative estimate of drug-likeness (QED) is 0.0914. The van der Waals surface area contributed by atoms with Gasteiger partial charge in [-0.3, -0.25) is 0 Å². The molecule has 1 N–H and O–H groups in total. The smallest absolute Gasteiger partial charge is 0.328 e. The summed E-state index contributed by atoms with van der Waals surface area (Å²) in [6.45, 7) is 21.6. The number of carboxylic acids is 1. The zero-order chi connectivity index (χ0) is 27.3. The van der Waals surface area contributed by atoms with Gasteiger partial charge in [0.2, 0.25) is 0 Å². The maximum absolute atomic E-state index is 10.2. The second-order valence-electron chi connectivity index (χ2n) is 6.93. The number of oxime groups is 1. The number of allylic oxidation sites excluding steroid dienone is 2. The molecule has 4 heteroatoms. The Morgan fingerprint density at radius 1 is 0.806 bits per heavy atom. The second kappa shape index (κ2) is 18.9. The average Bonchev–Trinajstić information content (AvgIpc) is 2.94. The van der Waals surface area contributed by atoms with Crippen molar-refractivity contribution in [2.24, 2.45) is 5.16 Å². The van der Waals surface area contributed by atoms with Crippen LogP contribution in [0.3, 0.4) is 0 Å². The highest BCUT2D eigenvalue weighted by Gasteiger charge is 2.04. The number of rotatable bonds is 7. The van der Waals surface area contributed by atoms with Gasteiger partial charge in [-0.1, -0.05) is 117 Å². The number of carbonyl (C=O) groups is 1. The number of hydrogen-bond donors (Lipinski definition) is 1. The van der Waals surface area contributed by atoms with E-state index in [0.717, 1.165) is 34.0 Å². The molecule has 0 saturated carbocycles. The molecule has 0 heterocycles. The van der Waals surface area contributed by atoms with E-state index in [1.54, 1.807) is 0 Å². The summed E-state index contributed by atoms with van der Waals surface area (Å²) >= 11 is 0. The molecule has 0 aliphatic carbocycles. The molecule has 4 nitrogen and oxygen atoms in total. The van der Waals surface area contributed by atoms with Gasteiger partial charge in [-0.15, -0.1) is 13.2 Å². The fraction of sp³-hybridized carbons (Fsp3) is 0.125. The molecule has 188 valence electrons. The lowest BCUT2D eigenvalue weighted by Gasteiger charge is -2.07. The van der Waals surface area contributed by atoms with Crippen LogP contribution in [0.25, 0.3) is 11.3 Å². The Morgan fingerprint density at radius 3 is 1.78 bits per heavy atom. The standard InChI is InChI=1S/C17H17NO.C11H10O2.C2H6.C2H4/c1-13-9-7-8-12-17(13)15(3)19-18-14(2)16-10-5-4-6-11-16;1-9(7-8-11(12)13)10-5-3-2-4-6-10;2*1-2/h4-12H,3H2,1-2H3;2-8H,1H2,(H,12,13);1-2H3;1-2H2/b18-14+;8-7-;;. The highest BCUT2D eigenvalue weighted by molar-refractivity contribution is 5.98. The number of nitrogens with zero attached hydrogens (tertiary/aromatic N) is 1. The Kier molecular flexibility index (Phi) is 16.6. The third-order valence-electron chi connectivity index (χ3n) is 4.50. The van der Waals surface area contributed by atoms with Crippen molar-refractivity contribution in [1.29, 1.82) is 0 Å². The first-order valence-corrected chi connectivity index (χ1v) is 11.6. The first kappa shape index (κ1) is 31.6. The summed E-state index contributed by atoms with van der Waals surface area (Å²) in [4.78, 5) is 15.6. The molecule has 0 spiro atoms. The molecule has 3 rings (SSSR count). The minimum Gasteiger partial charge on any atom is -0.478 e. The molecular weight excluding hydrogens is 446 g/mol. The zero-order valence-corrected chi connectivity index (χ0v) is 21.8. The van der Waals surface area contributed by atoms with Gasteiger partial charge in [-0.05, 0) is 42.2 Å². The predicted molar refractivity (Wildman–Crippen MR) is 155 cm³/mol. The molecule has 0 unspecified atom stereocenters. The molecule has 3 aromatic rings. The lowest BCUT2D eigenvalue weighted by atomic mass is 10.1. The van der Waals surface area contributed by atoms with Crippen LogP contribution in [0.1, 0.15) is 43.0 Å². The van der Waals surface area contributed by atoms with Gasteiger partial charge in [0.05, 0.1) is 5.71 Å². The van der Waals surface area contributed by atoms with E-state index in [4.69, 9.17) is 9.94 Å². The van der Waals surface area contributed by atoms with E-state index in [1.807, 2.05) is 113 Å². The molecule has 0 radical (unpaired) electrons. The normalized spacial score (nSPS) is 9.83. The van der Waals surface area contributed by atoms with Crippen molar-refractivity contribution >= 4 is 23.0 Å². The molecule has 0 bridgehead atoms. The van der Waals surface area contributed by atoms with E-state index in [0.29, 0.717) is 11.3 Å². The van der Waals surface area contributed by atoms with Crippen molar-refractivity contribution in [3.05, 3.63) is 146 Å². The van der Waals surface area contributed by atoms with Gasteiger partial charge in [-0.2, -0.15) is 0 Å². The highest BCUT2D eigenvalue weighted by Crippen LogP contribution is 2.18. The maximum atomic E-state index is 10.2. The van der Waals surface area contributed by atoms with Gasteiger partial charge in [0.1, 0.15) is 0 Å². The molecule has 0 aromatic heterocycles. The van der Waals surface area contributed by atoms with E-state index >= 15 is 0 Å². The summed E-state index contributed by atoms with van der Waals surface area (Å²) in [6.07, 6.45) is 2.56. The van der Waals surface area contributed by atoms with Crippen LogP contribution in [-0.2, 0) is 9.63 Å². The second-order valence-corrected chi connectivity index (χ2v) is 6.93. The SMILES string of the molecule is C=C.C=C(/C=C\C(=O)O)c1ccccc1.C=C(O/N=C(\C)c1ccccc1)c1ccccc1C.CC. The van der Waals surface area contributed by atoms with Gasteiger partial charge in [0.15, 0.2) is 5.76 Å². The summed E-state index contributed by atoms with van der Waals surface area (Å²) in [6, 6.07) is 27.3. The van der Waals surface area contributed by atoms with Crippen molar-refractivity contribution < 1.29 is 14.7 Å². The molecule has 0 amide bonds. The summed E-state index contributed by atoms with van der Waals surface area (Å²) in [7, 11) is 0. The fourth-order valence-electron chi connectivity index (χ4n) is 2.71. The molecule has 0 fully saturated rings. The van der Waals surface area contributed by atoms with Gasteiger partial charge >= 0.3 is 5.97 Å². The van der Waals surface area contributed by atoms with E-state index in [2.05, 4.69) is 31.5 Å². The zero-order valence-electron chi connectivity index (χ0n) is 21.8. The van der Waals surface area contributed by atoms with E-state index in [-0.39, 0.29) is 0 Å². The van der Waals surface area contributed by atoms with Crippen LogP contribution in [-0.4, -0.2) is 16.8 Å². The topological polar surface area (TPSA) is 58.9 Å². The van der Waals surface area contributed by atoms with Crippen molar-refractivity contribution in [3.63, 3.8) is 0 Å². The third kappa shape index (κ3) is 12.1. The van der Waals surface area contributed by atoms with Gasteiger partial charge in [0.25, 0.3) is 0 Å². The summed E-state index contributed by atoms with van der Waals surface area (Å²) in [5.74, 6) is -0.398. The molecule has 0 aliphatic heterocycles. The van der Waals surface area contributed by atoms with Crippen LogP contribution in [0.15, 0.2) is 129 Å². The first-order valence-electron chi connectivity index (χ1n) is 11.6. The Morgan fingerprint density at radius 2 is 1.28 bits per heavy atom. The van der Waals surface area contributed by atoms with Gasteiger partial charge in [-0.25, -0.2) is 4.79 Å². The van der Waals surface area contributed by atoms with Crippen LogP contribution < -0.4 is 0 Å². The van der Waals surface area contributed by atoms with E-state index < -0.39 is 5.97 Å². The van der Waals surface area contributed by atoms with Crippen LogP contribution in [0.5, 0.6) is 0 Å². The molecule has 0 atom stereocenters. The third-order valence-corrected chi connectivity index (χ3v) is 4.50. The van der Waals surface area contributed by atoms with Crippen LogP contribution >= 0.6 is 0 Å². The van der Waals surface area contributed by atoms with E-state index in [9.17, 15) is 4.79 Å². The van der Waals surface area contributed by atoms with Crippen LogP contribution in [0.4, 0.5) is 0 Å². The number of aryl methyl sites for hydroxylation is 1. The Hall–Kier alpha value is -4.44. The van der Waals surface area contributed by atoms with Crippen LogP contribution in [0.2, 0.25) is 0 Å². The minimum absolute atomic E-state index is 0.563. The lowest BCUT2D eigenvalue weighted by molar-refractivity contribution is -0.131. The molecule has 0 aliphatic rings. The Labute approximate surface area is 216 Å². The average molecular weight is 484 g/mol. The largest absolute Gasteiger partial charge is 0.478 e. The first-order chi connectivity index (χ1) is 17.4. The van der Waals surface area contributed by atoms with Gasteiger partial charge in [0, 0.05) is 11.6 Å². The summed E-state index contributed by atoms with van der Waals surface area (Å²) in [5, 5.41) is 12.5. The highest BCUT2D eigenvalue weighted by atomic mass is 16.6. The monoisotopic (exact) mass is 483 g/mol. The maximum Gasteiger partial charge on any atom is 0.328 e.